The average Bonchev–Trinajstić information content (AvgIpc) is 3.21. The molecule has 0 aromatic carbocycles. The molecule has 0 radical (unpaired) electrons. The number of aromatic nitrogens is 1. The third-order valence-electron chi connectivity index (χ3n) is 4.04. The molecule has 2 N–H and O–H groups in total. The zero-order valence-corrected chi connectivity index (χ0v) is 13.1. The lowest BCUT2D eigenvalue weighted by atomic mass is 10.2. The van der Waals surface area contributed by atoms with Crippen LogP contribution >= 0.6 is 11.3 Å². The van der Waals surface area contributed by atoms with Crippen molar-refractivity contribution in [1.82, 2.24) is 9.88 Å². The van der Waals surface area contributed by atoms with Crippen LogP contribution in [0.15, 0.2) is 16.6 Å². The summed E-state index contributed by atoms with van der Waals surface area (Å²) >= 11 is 1.69. The monoisotopic (exact) mass is 309 g/mol. The zero-order valence-electron chi connectivity index (χ0n) is 12.3. The van der Waals surface area contributed by atoms with E-state index in [-0.39, 0.29) is 0 Å². The standard InChI is InChI=1S/C14H23N5OS/c15-13(16-4-3-12-2-1-10-20-12)18-6-8-19(9-7-18)14-17-5-11-21-14/h5,11-12H,1-4,6-10H2,(H2,15,16)/t12-/m0/s1. The first kappa shape index (κ1) is 14.6. The molecular weight excluding hydrogens is 286 g/mol. The molecule has 0 saturated carbocycles. The van der Waals surface area contributed by atoms with E-state index in [1.807, 2.05) is 11.6 Å². The number of nitrogens with zero attached hydrogens (tertiary/aromatic N) is 4. The Hall–Kier alpha value is -1.34. The van der Waals surface area contributed by atoms with Gasteiger partial charge in [-0.25, -0.2) is 4.98 Å². The third kappa shape index (κ3) is 3.85. The van der Waals surface area contributed by atoms with Gasteiger partial charge in [0.1, 0.15) is 0 Å². The van der Waals surface area contributed by atoms with Crippen LogP contribution in [0.5, 0.6) is 0 Å². The van der Waals surface area contributed by atoms with Crippen molar-refractivity contribution in [1.29, 1.82) is 0 Å². The Morgan fingerprint density at radius 3 is 2.95 bits per heavy atom. The first-order chi connectivity index (χ1) is 10.3. The lowest BCUT2D eigenvalue weighted by molar-refractivity contribution is 0.106. The lowest BCUT2D eigenvalue weighted by Gasteiger charge is -2.35. The van der Waals surface area contributed by atoms with Crippen molar-refractivity contribution in [3.63, 3.8) is 0 Å². The summed E-state index contributed by atoms with van der Waals surface area (Å²) in [5, 5.41) is 3.12. The van der Waals surface area contributed by atoms with Crippen LogP contribution in [-0.2, 0) is 4.74 Å². The van der Waals surface area contributed by atoms with Crippen LogP contribution in [0.2, 0.25) is 0 Å². The second kappa shape index (κ2) is 7.09. The van der Waals surface area contributed by atoms with Gasteiger partial charge in [-0.05, 0) is 19.3 Å². The Balaban J connectivity index is 1.42. The highest BCUT2D eigenvalue weighted by Gasteiger charge is 2.20. The summed E-state index contributed by atoms with van der Waals surface area (Å²) in [6.07, 6.45) is 5.58. The topological polar surface area (TPSA) is 67.0 Å². The number of thiazole rings is 1. The van der Waals surface area contributed by atoms with Crippen LogP contribution in [0.4, 0.5) is 5.13 Å². The largest absolute Gasteiger partial charge is 0.378 e. The van der Waals surface area contributed by atoms with Crippen molar-refractivity contribution in [2.45, 2.75) is 25.4 Å². The minimum Gasteiger partial charge on any atom is -0.378 e. The first-order valence-electron chi connectivity index (χ1n) is 7.64. The number of hydrogen-bond acceptors (Lipinski definition) is 5. The fourth-order valence-corrected chi connectivity index (χ4v) is 3.49. The maximum atomic E-state index is 6.10. The summed E-state index contributed by atoms with van der Waals surface area (Å²) in [4.78, 5) is 13.3. The molecular formula is C14H23N5OS. The van der Waals surface area contributed by atoms with Gasteiger partial charge in [0.25, 0.3) is 0 Å². The lowest BCUT2D eigenvalue weighted by Crippen LogP contribution is -2.51. The Labute approximate surface area is 129 Å². The number of nitrogens with two attached hydrogens (primary N) is 1. The van der Waals surface area contributed by atoms with Crippen LogP contribution in [-0.4, -0.2) is 61.3 Å². The van der Waals surface area contributed by atoms with Gasteiger partial charge in [-0.2, -0.15) is 0 Å². The molecule has 0 unspecified atom stereocenters. The van der Waals surface area contributed by atoms with E-state index >= 15 is 0 Å². The molecule has 2 aliphatic heterocycles. The minimum atomic E-state index is 0.392. The van der Waals surface area contributed by atoms with Gasteiger partial charge in [0.05, 0.1) is 6.10 Å². The fourth-order valence-electron chi connectivity index (χ4n) is 2.79. The Morgan fingerprint density at radius 1 is 1.43 bits per heavy atom. The molecule has 2 aliphatic rings. The molecule has 0 bridgehead atoms. The minimum absolute atomic E-state index is 0.392. The highest BCUT2D eigenvalue weighted by atomic mass is 32.1. The second-order valence-electron chi connectivity index (χ2n) is 5.45. The number of piperazine rings is 1. The molecule has 1 aromatic rings. The van der Waals surface area contributed by atoms with Crippen molar-refractivity contribution in [3.05, 3.63) is 11.6 Å². The van der Waals surface area contributed by atoms with E-state index in [9.17, 15) is 0 Å². The SMILES string of the molecule is NC(=NCC[C@@H]1CCCO1)N1CCN(c2nccs2)CC1. The molecule has 3 heterocycles. The smallest absolute Gasteiger partial charge is 0.191 e. The predicted octanol–water partition coefficient (Wildman–Crippen LogP) is 1.15. The number of ether oxygens (including phenoxy) is 1. The Bertz CT molecular complexity index is 450. The summed E-state index contributed by atoms with van der Waals surface area (Å²) in [5.41, 5.74) is 6.10. The normalized spacial score (nSPS) is 23.8. The zero-order chi connectivity index (χ0) is 14.5. The van der Waals surface area contributed by atoms with Gasteiger partial charge in [0.2, 0.25) is 0 Å². The van der Waals surface area contributed by atoms with Crippen LogP contribution in [0.1, 0.15) is 19.3 Å². The maximum absolute atomic E-state index is 6.10. The van der Waals surface area contributed by atoms with Crippen LogP contribution in [0, 0.1) is 0 Å². The van der Waals surface area contributed by atoms with Gasteiger partial charge < -0.3 is 20.3 Å². The van der Waals surface area contributed by atoms with Crippen molar-refractivity contribution >= 4 is 22.4 Å². The quantitative estimate of drug-likeness (QED) is 0.667. The molecule has 6 nitrogen and oxygen atoms in total. The summed E-state index contributed by atoms with van der Waals surface area (Å²) in [6.45, 7) is 5.40. The van der Waals surface area contributed by atoms with E-state index in [4.69, 9.17) is 10.5 Å². The average molecular weight is 309 g/mol. The Kier molecular flexibility index (Phi) is 4.92. The van der Waals surface area contributed by atoms with Crippen molar-refractivity contribution in [2.75, 3.05) is 44.2 Å². The van der Waals surface area contributed by atoms with Crippen LogP contribution in [0.3, 0.4) is 0 Å². The van der Waals surface area contributed by atoms with E-state index in [1.54, 1.807) is 11.3 Å². The predicted molar refractivity (Wildman–Crippen MR) is 86.0 cm³/mol. The van der Waals surface area contributed by atoms with Gasteiger partial charge in [0, 0.05) is 50.9 Å². The fraction of sp³-hybridized carbons (Fsp3) is 0.714. The van der Waals surface area contributed by atoms with Crippen molar-refractivity contribution < 1.29 is 4.74 Å². The van der Waals surface area contributed by atoms with Crippen LogP contribution in [0.25, 0.3) is 0 Å². The maximum Gasteiger partial charge on any atom is 0.191 e. The summed E-state index contributed by atoms with van der Waals surface area (Å²) in [5.74, 6) is 0.673. The van der Waals surface area contributed by atoms with E-state index in [0.29, 0.717) is 12.1 Å². The summed E-state index contributed by atoms with van der Waals surface area (Å²) in [6, 6.07) is 0. The first-order valence-corrected chi connectivity index (χ1v) is 8.52. The molecule has 116 valence electrons. The number of hydrogen-bond donors (Lipinski definition) is 1. The van der Waals surface area contributed by atoms with E-state index < -0.39 is 0 Å². The summed E-state index contributed by atoms with van der Waals surface area (Å²) < 4.78 is 5.60. The van der Waals surface area contributed by atoms with Crippen LogP contribution < -0.4 is 10.6 Å². The molecule has 2 fully saturated rings. The van der Waals surface area contributed by atoms with E-state index in [1.165, 1.54) is 12.8 Å². The molecule has 1 aromatic heterocycles. The molecule has 2 saturated heterocycles. The third-order valence-corrected chi connectivity index (χ3v) is 4.87. The van der Waals surface area contributed by atoms with Gasteiger partial charge in [0.15, 0.2) is 11.1 Å². The van der Waals surface area contributed by atoms with Gasteiger partial charge >= 0.3 is 0 Å². The van der Waals surface area contributed by atoms with E-state index in [2.05, 4.69) is 19.8 Å². The van der Waals surface area contributed by atoms with E-state index in [0.717, 1.165) is 50.9 Å². The molecule has 0 amide bonds. The number of anilines is 1. The van der Waals surface area contributed by atoms with Gasteiger partial charge in [-0.15, -0.1) is 11.3 Å². The highest BCUT2D eigenvalue weighted by Crippen LogP contribution is 2.19. The molecule has 3 rings (SSSR count). The number of aliphatic imine (C=N–C) groups is 1. The van der Waals surface area contributed by atoms with Crippen molar-refractivity contribution in [2.24, 2.45) is 10.7 Å². The highest BCUT2D eigenvalue weighted by molar-refractivity contribution is 7.13. The number of guanidine groups is 1. The molecule has 21 heavy (non-hydrogen) atoms. The molecule has 7 heteroatoms. The molecule has 0 aliphatic carbocycles. The Morgan fingerprint density at radius 2 is 2.29 bits per heavy atom. The van der Waals surface area contributed by atoms with Crippen molar-refractivity contribution in [3.8, 4) is 0 Å². The molecule has 1 atom stereocenters. The van der Waals surface area contributed by atoms with Gasteiger partial charge in [-0.1, -0.05) is 0 Å². The van der Waals surface area contributed by atoms with Gasteiger partial charge in [-0.3, -0.25) is 4.99 Å². The summed E-state index contributed by atoms with van der Waals surface area (Å²) in [7, 11) is 0. The number of rotatable bonds is 4. The molecule has 0 spiro atoms. The second-order valence-corrected chi connectivity index (χ2v) is 6.33.